The normalized spacial score (nSPS) is 12.8. The van der Waals surface area contributed by atoms with Gasteiger partial charge in [0, 0.05) is 19.3 Å². The van der Waals surface area contributed by atoms with Crippen LogP contribution < -0.4 is 0 Å². The Morgan fingerprint density at radius 1 is 0.339 bits per heavy atom. The molecule has 6 nitrogen and oxygen atoms in total. The first kappa shape index (κ1) is 58.6. The highest BCUT2D eigenvalue weighted by atomic mass is 16.6. The molecule has 0 rings (SSSR count). The zero-order valence-electron chi connectivity index (χ0n) is 40.4. The number of unbranched alkanes of at least 4 members (excludes halogenated alkanes) is 25. The second-order valence-electron chi connectivity index (χ2n) is 16.9. The molecule has 1 atom stereocenters. The van der Waals surface area contributed by atoms with Gasteiger partial charge in [0.05, 0.1) is 0 Å². The van der Waals surface area contributed by atoms with E-state index in [-0.39, 0.29) is 31.1 Å². The van der Waals surface area contributed by atoms with Crippen LogP contribution in [0.15, 0.2) is 85.1 Å². The third kappa shape index (κ3) is 47.6. The molecule has 0 aromatic carbocycles. The Morgan fingerprint density at radius 2 is 0.629 bits per heavy atom. The van der Waals surface area contributed by atoms with Crippen molar-refractivity contribution in [2.45, 2.75) is 239 Å². The van der Waals surface area contributed by atoms with Gasteiger partial charge < -0.3 is 14.2 Å². The lowest BCUT2D eigenvalue weighted by molar-refractivity contribution is -0.167. The topological polar surface area (TPSA) is 78.9 Å². The maximum Gasteiger partial charge on any atom is 0.306 e. The highest BCUT2D eigenvalue weighted by molar-refractivity contribution is 5.71. The highest BCUT2D eigenvalue weighted by Gasteiger charge is 2.19. The minimum absolute atomic E-state index is 0.0886. The summed E-state index contributed by atoms with van der Waals surface area (Å²) in [6.45, 7) is 6.43. The van der Waals surface area contributed by atoms with E-state index in [1.165, 1.54) is 96.3 Å². The van der Waals surface area contributed by atoms with E-state index < -0.39 is 6.10 Å². The Hall–Kier alpha value is -3.41. The zero-order valence-corrected chi connectivity index (χ0v) is 40.4. The molecule has 0 N–H and O–H groups in total. The highest BCUT2D eigenvalue weighted by Crippen LogP contribution is 2.14. The van der Waals surface area contributed by atoms with Crippen molar-refractivity contribution >= 4 is 17.9 Å². The molecule has 0 saturated heterocycles. The molecular weight excluding hydrogens is 769 g/mol. The Morgan fingerprint density at radius 3 is 1.02 bits per heavy atom. The summed E-state index contributed by atoms with van der Waals surface area (Å²) in [5, 5.41) is 0. The monoisotopic (exact) mass is 863 g/mol. The molecule has 0 aliphatic carbocycles. The summed E-state index contributed by atoms with van der Waals surface area (Å²) < 4.78 is 16.8. The van der Waals surface area contributed by atoms with Crippen LogP contribution in [0.4, 0.5) is 0 Å². The van der Waals surface area contributed by atoms with Gasteiger partial charge >= 0.3 is 17.9 Å². The molecule has 6 heteroatoms. The molecule has 0 spiro atoms. The third-order valence-electron chi connectivity index (χ3n) is 10.8. The first-order valence-electron chi connectivity index (χ1n) is 25.7. The molecule has 0 radical (unpaired) electrons. The molecule has 354 valence electrons. The van der Waals surface area contributed by atoms with Crippen molar-refractivity contribution in [3.05, 3.63) is 85.1 Å². The lowest BCUT2D eigenvalue weighted by atomic mass is 10.1. The third-order valence-corrected chi connectivity index (χ3v) is 10.8. The SMILES string of the molecule is CC\C=C/C=C\C=C/CCCCCCCCCC(=O)OC(COC(=O)CCCCCCC\C=C/C=C\C=C/C=C\CCCCC)COC(=O)CCCCCCCCCCCCC. The van der Waals surface area contributed by atoms with Crippen LogP contribution in [0.5, 0.6) is 0 Å². The van der Waals surface area contributed by atoms with Crippen LogP contribution in [0.3, 0.4) is 0 Å². The number of esters is 3. The fourth-order valence-corrected chi connectivity index (χ4v) is 6.92. The van der Waals surface area contributed by atoms with E-state index >= 15 is 0 Å². The van der Waals surface area contributed by atoms with Crippen LogP contribution >= 0.6 is 0 Å². The Balaban J connectivity index is 4.44. The molecule has 0 fully saturated rings. The van der Waals surface area contributed by atoms with Gasteiger partial charge in [-0.3, -0.25) is 14.4 Å². The van der Waals surface area contributed by atoms with E-state index in [1.54, 1.807) is 0 Å². The van der Waals surface area contributed by atoms with Gasteiger partial charge in [-0.1, -0.05) is 234 Å². The minimum Gasteiger partial charge on any atom is -0.462 e. The van der Waals surface area contributed by atoms with Gasteiger partial charge in [-0.2, -0.15) is 0 Å². The van der Waals surface area contributed by atoms with Crippen molar-refractivity contribution in [3.8, 4) is 0 Å². The van der Waals surface area contributed by atoms with Gasteiger partial charge in [-0.15, -0.1) is 0 Å². The molecule has 1 unspecified atom stereocenters. The molecule has 62 heavy (non-hydrogen) atoms. The van der Waals surface area contributed by atoms with Gasteiger partial charge in [-0.05, 0) is 64.2 Å². The zero-order chi connectivity index (χ0) is 45.1. The van der Waals surface area contributed by atoms with E-state index in [9.17, 15) is 14.4 Å². The quantitative estimate of drug-likeness (QED) is 0.0263. The van der Waals surface area contributed by atoms with Gasteiger partial charge in [0.1, 0.15) is 13.2 Å². The number of carbonyl (C=O) groups excluding carboxylic acids is 3. The van der Waals surface area contributed by atoms with Gasteiger partial charge in [0.25, 0.3) is 0 Å². The van der Waals surface area contributed by atoms with Crippen LogP contribution in [0, 0.1) is 0 Å². The first-order valence-corrected chi connectivity index (χ1v) is 25.7. The summed E-state index contributed by atoms with van der Waals surface area (Å²) in [7, 11) is 0. The van der Waals surface area contributed by atoms with Crippen LogP contribution in [0.25, 0.3) is 0 Å². The van der Waals surface area contributed by atoms with Crippen LogP contribution in [-0.2, 0) is 28.6 Å². The number of rotatable bonds is 45. The minimum atomic E-state index is -0.791. The molecule has 0 aromatic heterocycles. The van der Waals surface area contributed by atoms with E-state index in [0.717, 1.165) is 96.3 Å². The van der Waals surface area contributed by atoms with Crippen molar-refractivity contribution in [1.29, 1.82) is 0 Å². The van der Waals surface area contributed by atoms with E-state index in [1.807, 2.05) is 0 Å². The Kier molecular flexibility index (Phi) is 47.5. The van der Waals surface area contributed by atoms with Crippen molar-refractivity contribution in [3.63, 3.8) is 0 Å². The standard InChI is InChI=1S/C56H94O6/c1-4-7-10-13-16-19-22-24-26-27-28-30-31-34-37-40-43-46-49-55(58)61-52-53(51-60-54(57)48-45-42-39-36-33-21-18-15-12-9-6-3)62-56(59)50-47-44-41-38-35-32-29-25-23-20-17-14-11-8-5-2/h8,11,14,16-17,19-20,22-24,26-28,30,53H,4-7,9-10,12-13,15,18,21,25,29,31-52H2,1-3H3/b11-8-,17-14-,19-16-,23-20-,24-22-,27-26-,30-28-. The van der Waals surface area contributed by atoms with E-state index in [4.69, 9.17) is 14.2 Å². The molecule has 0 amide bonds. The summed E-state index contributed by atoms with van der Waals surface area (Å²) in [6, 6.07) is 0. The lowest BCUT2D eigenvalue weighted by Crippen LogP contribution is -2.30. The number of hydrogen-bond donors (Lipinski definition) is 0. The van der Waals surface area contributed by atoms with Crippen LogP contribution in [0.2, 0.25) is 0 Å². The average molecular weight is 863 g/mol. The molecular formula is C56H94O6. The second-order valence-corrected chi connectivity index (χ2v) is 16.9. The van der Waals surface area contributed by atoms with Crippen LogP contribution in [-0.4, -0.2) is 37.2 Å². The summed E-state index contributed by atoms with van der Waals surface area (Å²) in [5.41, 5.74) is 0. The largest absolute Gasteiger partial charge is 0.462 e. The first-order chi connectivity index (χ1) is 30.5. The van der Waals surface area contributed by atoms with Crippen molar-refractivity contribution in [2.75, 3.05) is 13.2 Å². The van der Waals surface area contributed by atoms with Gasteiger partial charge in [0.15, 0.2) is 6.10 Å². The fraction of sp³-hybridized carbons (Fsp3) is 0.696. The van der Waals surface area contributed by atoms with E-state index in [0.29, 0.717) is 19.3 Å². The molecule has 0 aliphatic rings. The van der Waals surface area contributed by atoms with Crippen molar-refractivity contribution in [1.82, 2.24) is 0 Å². The fourth-order valence-electron chi connectivity index (χ4n) is 6.92. The van der Waals surface area contributed by atoms with Crippen LogP contribution in [0.1, 0.15) is 233 Å². The molecule has 0 aliphatic heterocycles. The predicted molar refractivity (Wildman–Crippen MR) is 265 cm³/mol. The lowest BCUT2D eigenvalue weighted by Gasteiger charge is -2.18. The number of allylic oxidation sites excluding steroid dienone is 14. The molecule has 0 saturated carbocycles. The van der Waals surface area contributed by atoms with E-state index in [2.05, 4.69) is 106 Å². The van der Waals surface area contributed by atoms with Crippen molar-refractivity contribution < 1.29 is 28.6 Å². The van der Waals surface area contributed by atoms with Gasteiger partial charge in [-0.25, -0.2) is 0 Å². The number of hydrogen-bond acceptors (Lipinski definition) is 6. The summed E-state index contributed by atoms with van der Waals surface area (Å²) in [5.74, 6) is -0.926. The maximum absolute atomic E-state index is 12.8. The van der Waals surface area contributed by atoms with Crippen molar-refractivity contribution in [2.24, 2.45) is 0 Å². The summed E-state index contributed by atoms with van der Waals surface area (Å²) >= 11 is 0. The molecule has 0 bridgehead atoms. The maximum atomic E-state index is 12.8. The number of ether oxygens (including phenoxy) is 3. The smallest absolute Gasteiger partial charge is 0.306 e. The van der Waals surface area contributed by atoms with Gasteiger partial charge in [0.2, 0.25) is 0 Å². The summed E-state index contributed by atoms with van der Waals surface area (Å²) in [4.78, 5) is 37.9. The average Bonchev–Trinajstić information content (AvgIpc) is 3.27. The summed E-state index contributed by atoms with van der Waals surface area (Å²) in [6.07, 6.45) is 64.1. The molecule has 0 aromatic rings. The number of carbonyl (C=O) groups is 3. The second kappa shape index (κ2) is 50.2. The predicted octanol–water partition coefficient (Wildman–Crippen LogP) is 16.8. The Bertz CT molecular complexity index is 1220. The molecule has 0 heterocycles. The Labute approximate surface area is 382 Å².